The summed E-state index contributed by atoms with van der Waals surface area (Å²) in [7, 11) is 1.85. The van der Waals surface area contributed by atoms with E-state index in [1.165, 1.54) is 5.56 Å². The van der Waals surface area contributed by atoms with Crippen molar-refractivity contribution >= 4 is 22.9 Å². The molecule has 0 aliphatic rings. The highest BCUT2D eigenvalue weighted by Crippen LogP contribution is 2.09. The maximum absolute atomic E-state index is 11.9. The van der Waals surface area contributed by atoms with Crippen molar-refractivity contribution in [2.75, 3.05) is 18.9 Å². The van der Waals surface area contributed by atoms with Crippen LogP contribution in [-0.4, -0.2) is 24.4 Å². The first-order valence-electron chi connectivity index (χ1n) is 6.29. The molecule has 3 nitrogen and oxygen atoms in total. The fourth-order valence-corrected chi connectivity index (χ4v) is 2.47. The average molecular weight is 274 g/mol. The Morgan fingerprint density at radius 1 is 1.26 bits per heavy atom. The van der Waals surface area contributed by atoms with Gasteiger partial charge in [0.1, 0.15) is 0 Å². The molecule has 19 heavy (non-hydrogen) atoms. The van der Waals surface area contributed by atoms with E-state index >= 15 is 0 Å². The molecule has 1 amide bonds. The molecule has 0 unspecified atom stereocenters. The summed E-state index contributed by atoms with van der Waals surface area (Å²) in [5, 5.41) is 7.35. The van der Waals surface area contributed by atoms with Crippen LogP contribution in [0.5, 0.6) is 0 Å². The number of para-hydroxylation sites is 1. The summed E-state index contributed by atoms with van der Waals surface area (Å²) in [6, 6.07) is 12.0. The largest absolute Gasteiger partial charge is 0.385 e. The minimum Gasteiger partial charge on any atom is -0.385 e. The maximum Gasteiger partial charge on any atom is 0.224 e. The molecule has 0 spiro atoms. The van der Waals surface area contributed by atoms with Crippen LogP contribution in [0.3, 0.4) is 0 Å². The lowest BCUT2D eigenvalue weighted by atomic mass is 10.3. The second kappa shape index (κ2) is 6.95. The standard InChI is InChI=1S/C15H18N2OS/c1-17(11-13-8-10-19-12-13)15(18)7-9-16-14-5-3-2-4-6-14/h2-6,8,10,12,16H,7,9,11H2,1H3. The number of hydrogen-bond acceptors (Lipinski definition) is 3. The molecule has 1 N–H and O–H groups in total. The molecule has 4 heteroatoms. The number of nitrogens with zero attached hydrogens (tertiary/aromatic N) is 1. The average Bonchev–Trinajstić information content (AvgIpc) is 2.92. The van der Waals surface area contributed by atoms with E-state index < -0.39 is 0 Å². The van der Waals surface area contributed by atoms with Gasteiger partial charge in [0, 0.05) is 32.2 Å². The zero-order valence-electron chi connectivity index (χ0n) is 11.0. The molecular weight excluding hydrogens is 256 g/mol. The normalized spacial score (nSPS) is 10.2. The third kappa shape index (κ3) is 4.41. The van der Waals surface area contributed by atoms with Gasteiger partial charge in [-0.3, -0.25) is 4.79 Å². The first-order chi connectivity index (χ1) is 9.25. The lowest BCUT2D eigenvalue weighted by molar-refractivity contribution is -0.130. The first kappa shape index (κ1) is 13.6. The summed E-state index contributed by atoms with van der Waals surface area (Å²) in [4.78, 5) is 13.7. The third-order valence-electron chi connectivity index (χ3n) is 2.87. The van der Waals surface area contributed by atoms with Crippen LogP contribution in [-0.2, 0) is 11.3 Å². The van der Waals surface area contributed by atoms with Gasteiger partial charge in [0.25, 0.3) is 0 Å². The van der Waals surface area contributed by atoms with E-state index in [-0.39, 0.29) is 5.91 Å². The van der Waals surface area contributed by atoms with E-state index in [9.17, 15) is 4.79 Å². The SMILES string of the molecule is CN(Cc1ccsc1)C(=O)CCNc1ccccc1. The van der Waals surface area contributed by atoms with Gasteiger partial charge in [0.2, 0.25) is 5.91 Å². The van der Waals surface area contributed by atoms with Crippen LogP contribution in [0.2, 0.25) is 0 Å². The molecule has 0 aliphatic carbocycles. The van der Waals surface area contributed by atoms with E-state index in [4.69, 9.17) is 0 Å². The summed E-state index contributed by atoms with van der Waals surface area (Å²) >= 11 is 1.66. The molecule has 1 aromatic heterocycles. The van der Waals surface area contributed by atoms with Crippen molar-refractivity contribution in [3.63, 3.8) is 0 Å². The summed E-state index contributed by atoms with van der Waals surface area (Å²) in [5.74, 6) is 0.162. The van der Waals surface area contributed by atoms with Gasteiger partial charge in [-0.2, -0.15) is 11.3 Å². The van der Waals surface area contributed by atoms with Gasteiger partial charge in [-0.15, -0.1) is 0 Å². The molecule has 1 aromatic carbocycles. The minimum atomic E-state index is 0.162. The fraction of sp³-hybridized carbons (Fsp3) is 0.267. The van der Waals surface area contributed by atoms with Crippen molar-refractivity contribution in [1.29, 1.82) is 0 Å². The monoisotopic (exact) mass is 274 g/mol. The lowest BCUT2D eigenvalue weighted by Crippen LogP contribution is -2.27. The second-order valence-corrected chi connectivity index (χ2v) is 5.20. The molecule has 0 radical (unpaired) electrons. The second-order valence-electron chi connectivity index (χ2n) is 4.42. The van der Waals surface area contributed by atoms with Crippen LogP contribution in [0.1, 0.15) is 12.0 Å². The van der Waals surface area contributed by atoms with E-state index in [0.717, 1.165) is 5.69 Å². The maximum atomic E-state index is 11.9. The molecule has 0 aliphatic heterocycles. The molecule has 0 fully saturated rings. The van der Waals surface area contributed by atoms with Crippen LogP contribution in [0.25, 0.3) is 0 Å². The highest BCUT2D eigenvalue weighted by molar-refractivity contribution is 7.07. The lowest BCUT2D eigenvalue weighted by Gasteiger charge is -2.16. The Morgan fingerprint density at radius 3 is 2.74 bits per heavy atom. The van der Waals surface area contributed by atoms with Crippen LogP contribution in [0, 0.1) is 0 Å². The number of rotatable bonds is 6. The van der Waals surface area contributed by atoms with Crippen molar-refractivity contribution in [3.05, 3.63) is 52.7 Å². The zero-order chi connectivity index (χ0) is 13.5. The highest BCUT2D eigenvalue weighted by atomic mass is 32.1. The Morgan fingerprint density at radius 2 is 2.05 bits per heavy atom. The Labute approximate surface area is 117 Å². The molecule has 0 saturated heterocycles. The predicted molar refractivity (Wildman–Crippen MR) is 80.3 cm³/mol. The molecule has 0 saturated carbocycles. The smallest absolute Gasteiger partial charge is 0.224 e. The van der Waals surface area contributed by atoms with Crippen molar-refractivity contribution < 1.29 is 4.79 Å². The number of benzene rings is 1. The predicted octanol–water partition coefficient (Wildman–Crippen LogP) is 3.21. The molecule has 100 valence electrons. The molecule has 2 aromatic rings. The van der Waals surface area contributed by atoms with Gasteiger partial charge in [0.15, 0.2) is 0 Å². The quantitative estimate of drug-likeness (QED) is 0.877. The summed E-state index contributed by atoms with van der Waals surface area (Å²) < 4.78 is 0. The van der Waals surface area contributed by atoms with Gasteiger partial charge in [0.05, 0.1) is 0 Å². The van der Waals surface area contributed by atoms with E-state index in [1.807, 2.05) is 42.8 Å². The van der Waals surface area contributed by atoms with E-state index in [0.29, 0.717) is 19.5 Å². The Balaban J connectivity index is 1.72. The number of carbonyl (C=O) groups excluding carboxylic acids is 1. The van der Waals surface area contributed by atoms with Crippen molar-refractivity contribution in [3.8, 4) is 0 Å². The molecule has 1 heterocycles. The zero-order valence-corrected chi connectivity index (χ0v) is 11.8. The summed E-state index contributed by atoms with van der Waals surface area (Å²) in [6.45, 7) is 1.35. The number of carbonyl (C=O) groups is 1. The molecule has 0 bridgehead atoms. The number of anilines is 1. The van der Waals surface area contributed by atoms with Crippen molar-refractivity contribution in [2.24, 2.45) is 0 Å². The Kier molecular flexibility index (Phi) is 4.98. The number of hydrogen-bond donors (Lipinski definition) is 1. The van der Waals surface area contributed by atoms with Crippen LogP contribution in [0.15, 0.2) is 47.2 Å². The topological polar surface area (TPSA) is 32.3 Å². The Hall–Kier alpha value is -1.81. The number of amides is 1. The Bertz CT molecular complexity index is 496. The fourth-order valence-electron chi connectivity index (χ4n) is 1.81. The van der Waals surface area contributed by atoms with E-state index in [1.54, 1.807) is 16.2 Å². The van der Waals surface area contributed by atoms with Crippen LogP contribution >= 0.6 is 11.3 Å². The first-order valence-corrected chi connectivity index (χ1v) is 7.24. The number of nitrogens with one attached hydrogen (secondary N) is 1. The van der Waals surface area contributed by atoms with Gasteiger partial charge in [-0.05, 0) is 34.5 Å². The van der Waals surface area contributed by atoms with Crippen molar-refractivity contribution in [2.45, 2.75) is 13.0 Å². The van der Waals surface area contributed by atoms with Crippen LogP contribution < -0.4 is 5.32 Å². The van der Waals surface area contributed by atoms with Gasteiger partial charge in [-0.1, -0.05) is 18.2 Å². The van der Waals surface area contributed by atoms with Crippen LogP contribution in [0.4, 0.5) is 5.69 Å². The summed E-state index contributed by atoms with van der Waals surface area (Å²) in [6.07, 6.45) is 0.509. The van der Waals surface area contributed by atoms with Crippen molar-refractivity contribution in [1.82, 2.24) is 4.90 Å². The van der Waals surface area contributed by atoms with E-state index in [2.05, 4.69) is 16.8 Å². The van der Waals surface area contributed by atoms with Gasteiger partial charge in [-0.25, -0.2) is 0 Å². The minimum absolute atomic E-state index is 0.162. The van der Waals surface area contributed by atoms with Gasteiger partial charge >= 0.3 is 0 Å². The summed E-state index contributed by atoms with van der Waals surface area (Å²) in [5.41, 5.74) is 2.24. The molecule has 0 atom stereocenters. The highest BCUT2D eigenvalue weighted by Gasteiger charge is 2.08. The third-order valence-corrected chi connectivity index (χ3v) is 3.60. The van der Waals surface area contributed by atoms with Gasteiger partial charge < -0.3 is 10.2 Å². The number of thiophene rings is 1. The molecular formula is C15H18N2OS. The molecule has 2 rings (SSSR count).